The fraction of sp³-hybridized carbons (Fsp3) is 0.273. The van der Waals surface area contributed by atoms with E-state index in [1.54, 1.807) is 6.07 Å². The number of amides is 1. The summed E-state index contributed by atoms with van der Waals surface area (Å²) in [4.78, 5) is 22.1. The van der Waals surface area contributed by atoms with Gasteiger partial charge in [0.2, 0.25) is 5.91 Å². The zero-order chi connectivity index (χ0) is 12.8. The molecular formula is C11H13BrN2O3. The third kappa shape index (κ3) is 4.16. The van der Waals surface area contributed by atoms with Gasteiger partial charge in [-0.1, -0.05) is 6.92 Å². The molecule has 5 nitrogen and oxygen atoms in total. The van der Waals surface area contributed by atoms with Crippen molar-refractivity contribution in [3.8, 4) is 0 Å². The highest BCUT2D eigenvalue weighted by Crippen LogP contribution is 2.23. The molecule has 0 heterocycles. The van der Waals surface area contributed by atoms with Crippen molar-refractivity contribution in [2.24, 2.45) is 0 Å². The molecule has 0 aliphatic rings. The molecule has 3 N–H and O–H groups in total. The summed E-state index contributed by atoms with van der Waals surface area (Å²) >= 11 is 3.21. The van der Waals surface area contributed by atoms with Crippen molar-refractivity contribution in [2.75, 3.05) is 18.4 Å². The lowest BCUT2D eigenvalue weighted by Gasteiger charge is -2.08. The van der Waals surface area contributed by atoms with Crippen LogP contribution < -0.4 is 10.6 Å². The van der Waals surface area contributed by atoms with Crippen molar-refractivity contribution >= 4 is 33.5 Å². The van der Waals surface area contributed by atoms with Crippen LogP contribution in [0.15, 0.2) is 22.7 Å². The number of carboxylic acid groups (broad SMARTS) is 1. The van der Waals surface area contributed by atoms with Crippen LogP contribution >= 0.6 is 15.9 Å². The highest BCUT2D eigenvalue weighted by Gasteiger charge is 2.08. The smallest absolute Gasteiger partial charge is 0.335 e. The lowest BCUT2D eigenvalue weighted by molar-refractivity contribution is -0.115. The van der Waals surface area contributed by atoms with Crippen LogP contribution in [-0.4, -0.2) is 30.1 Å². The molecule has 0 aromatic heterocycles. The molecule has 0 bridgehead atoms. The second-order valence-corrected chi connectivity index (χ2v) is 4.18. The number of halogens is 1. The van der Waals surface area contributed by atoms with E-state index in [9.17, 15) is 9.59 Å². The van der Waals surface area contributed by atoms with Gasteiger partial charge in [-0.15, -0.1) is 0 Å². The normalized spacial score (nSPS) is 10.0. The van der Waals surface area contributed by atoms with Gasteiger partial charge in [-0.3, -0.25) is 4.79 Å². The Morgan fingerprint density at radius 2 is 2.12 bits per heavy atom. The van der Waals surface area contributed by atoms with E-state index in [0.717, 1.165) is 0 Å². The summed E-state index contributed by atoms with van der Waals surface area (Å²) in [6.07, 6.45) is 0. The predicted octanol–water partition coefficient (Wildman–Crippen LogP) is 1.70. The molecule has 0 saturated carbocycles. The number of benzene rings is 1. The first-order valence-electron chi connectivity index (χ1n) is 5.08. The minimum atomic E-state index is -1.00. The topological polar surface area (TPSA) is 78.4 Å². The molecule has 0 radical (unpaired) electrons. The maximum Gasteiger partial charge on any atom is 0.335 e. The van der Waals surface area contributed by atoms with Crippen molar-refractivity contribution in [3.63, 3.8) is 0 Å². The average molecular weight is 301 g/mol. The van der Waals surface area contributed by atoms with Crippen LogP contribution in [0.4, 0.5) is 5.69 Å². The molecule has 0 fully saturated rings. The molecule has 1 rings (SSSR count). The van der Waals surface area contributed by atoms with Crippen molar-refractivity contribution in [1.29, 1.82) is 0 Å². The van der Waals surface area contributed by atoms with E-state index in [-0.39, 0.29) is 18.0 Å². The maximum absolute atomic E-state index is 11.4. The number of likely N-dealkylation sites (N-methyl/N-ethyl adjacent to an activating group) is 1. The van der Waals surface area contributed by atoms with Gasteiger partial charge in [-0.2, -0.15) is 0 Å². The predicted molar refractivity (Wildman–Crippen MR) is 68.3 cm³/mol. The van der Waals surface area contributed by atoms with Crippen LogP contribution in [0, 0.1) is 0 Å². The standard InChI is InChI=1S/C11H13BrN2O3/c1-2-13-6-10(15)14-9-4-3-7(11(16)17)5-8(9)12/h3-5,13H,2,6H2,1H3,(H,14,15)(H,16,17). The molecule has 17 heavy (non-hydrogen) atoms. The monoisotopic (exact) mass is 300 g/mol. The van der Waals surface area contributed by atoms with Gasteiger partial charge in [0.1, 0.15) is 0 Å². The zero-order valence-corrected chi connectivity index (χ0v) is 10.9. The highest BCUT2D eigenvalue weighted by molar-refractivity contribution is 9.10. The molecule has 0 saturated heterocycles. The van der Waals surface area contributed by atoms with Crippen LogP contribution in [0.5, 0.6) is 0 Å². The third-order valence-electron chi connectivity index (χ3n) is 2.03. The van der Waals surface area contributed by atoms with E-state index >= 15 is 0 Å². The van der Waals surface area contributed by atoms with E-state index in [4.69, 9.17) is 5.11 Å². The lowest BCUT2D eigenvalue weighted by Crippen LogP contribution is -2.27. The molecule has 1 aromatic carbocycles. The summed E-state index contributed by atoms with van der Waals surface area (Å²) in [5.41, 5.74) is 0.722. The van der Waals surface area contributed by atoms with Gasteiger partial charge in [0.25, 0.3) is 0 Å². The zero-order valence-electron chi connectivity index (χ0n) is 9.29. The minimum Gasteiger partial charge on any atom is -0.478 e. The second-order valence-electron chi connectivity index (χ2n) is 3.33. The number of hydrogen-bond donors (Lipinski definition) is 3. The Labute approximate surface area is 107 Å². The first-order valence-corrected chi connectivity index (χ1v) is 5.87. The number of carbonyl (C=O) groups excluding carboxylic acids is 1. The van der Waals surface area contributed by atoms with Crippen molar-refractivity contribution in [1.82, 2.24) is 5.32 Å². The van der Waals surface area contributed by atoms with Crippen molar-refractivity contribution in [2.45, 2.75) is 6.92 Å². The van der Waals surface area contributed by atoms with Gasteiger partial charge in [-0.05, 0) is 40.7 Å². The Balaban J connectivity index is 2.72. The van der Waals surface area contributed by atoms with E-state index in [0.29, 0.717) is 16.7 Å². The Hall–Kier alpha value is -1.40. The lowest BCUT2D eigenvalue weighted by atomic mass is 10.2. The van der Waals surface area contributed by atoms with E-state index in [1.807, 2.05) is 6.92 Å². The first kappa shape index (κ1) is 13.7. The highest BCUT2D eigenvalue weighted by atomic mass is 79.9. The van der Waals surface area contributed by atoms with Crippen LogP contribution in [0.2, 0.25) is 0 Å². The Morgan fingerprint density at radius 1 is 1.41 bits per heavy atom. The number of anilines is 1. The van der Waals surface area contributed by atoms with Gasteiger partial charge in [0.05, 0.1) is 17.8 Å². The number of aromatic carboxylic acids is 1. The average Bonchev–Trinajstić information content (AvgIpc) is 2.28. The molecule has 0 unspecified atom stereocenters. The van der Waals surface area contributed by atoms with Gasteiger partial charge in [0.15, 0.2) is 0 Å². The summed E-state index contributed by atoms with van der Waals surface area (Å²) in [5, 5.41) is 14.3. The first-order chi connectivity index (χ1) is 8.04. The SMILES string of the molecule is CCNCC(=O)Nc1ccc(C(=O)O)cc1Br. The quantitative estimate of drug-likeness (QED) is 0.773. The summed E-state index contributed by atoms with van der Waals surface area (Å²) in [7, 11) is 0. The molecule has 0 aliphatic carbocycles. The number of carboxylic acids is 1. The molecule has 92 valence electrons. The Bertz CT molecular complexity index is 435. The maximum atomic E-state index is 11.4. The van der Waals surface area contributed by atoms with Crippen molar-refractivity contribution < 1.29 is 14.7 Å². The summed E-state index contributed by atoms with van der Waals surface area (Å²) in [6.45, 7) is 2.85. The summed E-state index contributed by atoms with van der Waals surface area (Å²) in [5.74, 6) is -1.17. The molecule has 0 atom stereocenters. The van der Waals surface area contributed by atoms with Crippen LogP contribution in [-0.2, 0) is 4.79 Å². The molecule has 0 spiro atoms. The number of nitrogens with one attached hydrogen (secondary N) is 2. The Morgan fingerprint density at radius 3 is 2.65 bits per heavy atom. The molecule has 6 heteroatoms. The van der Waals surface area contributed by atoms with Gasteiger partial charge in [0, 0.05) is 4.47 Å². The molecule has 1 aromatic rings. The van der Waals surface area contributed by atoms with Crippen LogP contribution in [0.1, 0.15) is 17.3 Å². The summed E-state index contributed by atoms with van der Waals surface area (Å²) in [6, 6.07) is 4.44. The van der Waals surface area contributed by atoms with Gasteiger partial charge in [-0.25, -0.2) is 4.79 Å². The van der Waals surface area contributed by atoms with Crippen molar-refractivity contribution in [3.05, 3.63) is 28.2 Å². The van der Waals surface area contributed by atoms with Crippen LogP contribution in [0.25, 0.3) is 0 Å². The molecular weight excluding hydrogens is 288 g/mol. The Kier molecular flexibility index (Phi) is 5.11. The minimum absolute atomic E-state index is 0.168. The van der Waals surface area contributed by atoms with E-state index < -0.39 is 5.97 Å². The fourth-order valence-electron chi connectivity index (χ4n) is 1.18. The van der Waals surface area contributed by atoms with E-state index in [2.05, 4.69) is 26.6 Å². The summed E-state index contributed by atoms with van der Waals surface area (Å²) < 4.78 is 0.544. The number of rotatable bonds is 5. The molecule has 0 aliphatic heterocycles. The second kappa shape index (κ2) is 6.36. The van der Waals surface area contributed by atoms with Gasteiger partial charge < -0.3 is 15.7 Å². The third-order valence-corrected chi connectivity index (χ3v) is 2.68. The van der Waals surface area contributed by atoms with Crippen LogP contribution in [0.3, 0.4) is 0 Å². The largest absolute Gasteiger partial charge is 0.478 e. The number of hydrogen-bond acceptors (Lipinski definition) is 3. The number of carbonyl (C=O) groups is 2. The van der Waals surface area contributed by atoms with Gasteiger partial charge >= 0.3 is 5.97 Å². The fourth-order valence-corrected chi connectivity index (χ4v) is 1.66. The molecule has 1 amide bonds. The van der Waals surface area contributed by atoms with E-state index in [1.165, 1.54) is 12.1 Å².